The molecule has 0 aliphatic rings. The van der Waals surface area contributed by atoms with Gasteiger partial charge in [0.1, 0.15) is 23.3 Å². The maximum Gasteiger partial charge on any atom is 0.265 e. The van der Waals surface area contributed by atoms with Crippen LogP contribution in [0.1, 0.15) is 28.4 Å². The highest BCUT2D eigenvalue weighted by atomic mass is 16.3. The van der Waals surface area contributed by atoms with Gasteiger partial charge in [-0.05, 0) is 20.3 Å². The Bertz CT molecular complexity index is 950. The monoisotopic (exact) mass is 329 g/mol. The Morgan fingerprint density at radius 2 is 2.12 bits per heavy atom. The predicted octanol–water partition coefficient (Wildman–Crippen LogP) is 1.16. The number of hydrogen-bond acceptors (Lipinski definition) is 5. The molecule has 0 radical (unpaired) electrons. The third-order valence-electron chi connectivity index (χ3n) is 3.96. The molecule has 126 valence electrons. The first-order valence-electron chi connectivity index (χ1n) is 7.69. The van der Waals surface area contributed by atoms with Crippen LogP contribution in [0.4, 0.5) is 0 Å². The van der Waals surface area contributed by atoms with Crippen LogP contribution in [0.15, 0.2) is 27.9 Å². The molecule has 0 saturated heterocycles. The van der Waals surface area contributed by atoms with Gasteiger partial charge in [0.15, 0.2) is 0 Å². The quantitative estimate of drug-likeness (QED) is 0.709. The number of furan rings is 1. The average molecular weight is 329 g/mol. The fraction of sp³-hybridized carbons (Fsp3) is 0.375. The number of carbonyl (C=O) groups is 1. The van der Waals surface area contributed by atoms with E-state index in [2.05, 4.69) is 15.3 Å². The molecule has 0 atom stereocenters. The third kappa shape index (κ3) is 2.82. The van der Waals surface area contributed by atoms with E-state index in [1.54, 1.807) is 20.2 Å². The van der Waals surface area contributed by atoms with Crippen LogP contribution in [0.25, 0.3) is 11.1 Å². The largest absolute Gasteiger partial charge is 0.442 e. The lowest BCUT2D eigenvalue weighted by molar-refractivity contribution is 0.0952. The van der Waals surface area contributed by atoms with E-state index in [1.165, 1.54) is 10.9 Å². The van der Waals surface area contributed by atoms with Gasteiger partial charge in [-0.25, -0.2) is 9.97 Å². The molecule has 0 aliphatic carbocycles. The Morgan fingerprint density at radius 1 is 1.33 bits per heavy atom. The van der Waals surface area contributed by atoms with E-state index in [-0.39, 0.29) is 28.1 Å². The number of rotatable bonds is 5. The second-order valence-electron chi connectivity index (χ2n) is 5.65. The summed E-state index contributed by atoms with van der Waals surface area (Å²) in [5.74, 6) is 1.01. The second-order valence-corrected chi connectivity index (χ2v) is 5.65. The second kappa shape index (κ2) is 6.31. The van der Waals surface area contributed by atoms with Crippen molar-refractivity contribution in [3.05, 3.63) is 46.2 Å². The zero-order valence-electron chi connectivity index (χ0n) is 13.9. The molecule has 1 amide bonds. The lowest BCUT2D eigenvalue weighted by atomic mass is 10.1. The van der Waals surface area contributed by atoms with E-state index in [1.807, 2.05) is 17.7 Å². The van der Waals surface area contributed by atoms with Crippen molar-refractivity contribution in [2.75, 3.05) is 6.54 Å². The van der Waals surface area contributed by atoms with Gasteiger partial charge in [-0.15, -0.1) is 0 Å². The first-order valence-corrected chi connectivity index (χ1v) is 7.69. The summed E-state index contributed by atoms with van der Waals surface area (Å²) in [6.45, 7) is 4.84. The van der Waals surface area contributed by atoms with E-state index in [9.17, 15) is 9.59 Å². The lowest BCUT2D eigenvalue weighted by Crippen LogP contribution is -2.27. The molecule has 0 fully saturated rings. The maximum atomic E-state index is 12.5. The van der Waals surface area contributed by atoms with Crippen molar-refractivity contribution in [1.29, 1.82) is 0 Å². The Morgan fingerprint density at radius 3 is 2.83 bits per heavy atom. The van der Waals surface area contributed by atoms with Crippen LogP contribution >= 0.6 is 0 Å². The van der Waals surface area contributed by atoms with Gasteiger partial charge in [0.2, 0.25) is 5.71 Å². The Labute approximate surface area is 138 Å². The molecule has 0 unspecified atom stereocenters. The highest BCUT2D eigenvalue weighted by Crippen LogP contribution is 2.20. The van der Waals surface area contributed by atoms with Gasteiger partial charge >= 0.3 is 0 Å². The fourth-order valence-corrected chi connectivity index (χ4v) is 2.64. The molecule has 0 bridgehead atoms. The Balaban J connectivity index is 1.72. The van der Waals surface area contributed by atoms with Crippen LogP contribution in [0.3, 0.4) is 0 Å². The first-order chi connectivity index (χ1) is 11.5. The summed E-state index contributed by atoms with van der Waals surface area (Å²) >= 11 is 0. The molecular weight excluding hydrogens is 310 g/mol. The zero-order chi connectivity index (χ0) is 17.3. The molecule has 1 N–H and O–H groups in total. The van der Waals surface area contributed by atoms with Crippen molar-refractivity contribution in [2.45, 2.75) is 26.8 Å². The zero-order valence-corrected chi connectivity index (χ0v) is 13.9. The highest BCUT2D eigenvalue weighted by molar-refractivity contribution is 6.06. The predicted molar refractivity (Wildman–Crippen MR) is 87.9 cm³/mol. The molecule has 8 nitrogen and oxygen atoms in total. The van der Waals surface area contributed by atoms with Crippen LogP contribution in [-0.2, 0) is 13.6 Å². The van der Waals surface area contributed by atoms with Crippen molar-refractivity contribution >= 4 is 17.0 Å². The summed E-state index contributed by atoms with van der Waals surface area (Å²) in [4.78, 5) is 32.9. The number of nitrogens with zero attached hydrogens (tertiary/aromatic N) is 4. The van der Waals surface area contributed by atoms with Gasteiger partial charge in [-0.1, -0.05) is 0 Å². The van der Waals surface area contributed by atoms with Crippen LogP contribution in [-0.4, -0.2) is 31.6 Å². The van der Waals surface area contributed by atoms with Crippen LogP contribution in [0, 0.1) is 13.8 Å². The van der Waals surface area contributed by atoms with E-state index in [0.29, 0.717) is 12.3 Å². The summed E-state index contributed by atoms with van der Waals surface area (Å²) in [7, 11) is 1.59. The molecule has 0 spiro atoms. The van der Waals surface area contributed by atoms with Crippen molar-refractivity contribution < 1.29 is 9.21 Å². The molecule has 0 saturated carbocycles. The fourth-order valence-electron chi connectivity index (χ4n) is 2.64. The summed E-state index contributed by atoms with van der Waals surface area (Å²) < 4.78 is 8.79. The molecule has 3 aromatic rings. The van der Waals surface area contributed by atoms with Gasteiger partial charge in [0.25, 0.3) is 11.5 Å². The third-order valence-corrected chi connectivity index (χ3v) is 3.96. The average Bonchev–Trinajstić information content (AvgIpc) is 3.10. The molecule has 3 aromatic heterocycles. The Kier molecular flexibility index (Phi) is 4.20. The minimum Gasteiger partial charge on any atom is -0.442 e. The molecular formula is C16H19N5O3. The highest BCUT2D eigenvalue weighted by Gasteiger charge is 2.21. The minimum atomic E-state index is -0.321. The summed E-state index contributed by atoms with van der Waals surface area (Å²) in [5.41, 5.74) is 0.156. The number of aromatic nitrogens is 4. The molecule has 0 aromatic carbocycles. The SMILES string of the molecule is Cc1oc2ncn(C)c(=O)c2c1C(=O)NCCCn1ccnc1C. The van der Waals surface area contributed by atoms with Gasteiger partial charge in [-0.2, -0.15) is 0 Å². The van der Waals surface area contributed by atoms with Crippen LogP contribution < -0.4 is 10.9 Å². The van der Waals surface area contributed by atoms with Crippen molar-refractivity contribution in [3.63, 3.8) is 0 Å². The van der Waals surface area contributed by atoms with E-state index < -0.39 is 0 Å². The van der Waals surface area contributed by atoms with Gasteiger partial charge in [-0.3, -0.25) is 9.59 Å². The number of nitrogens with one attached hydrogen (secondary N) is 1. The topological polar surface area (TPSA) is 95.0 Å². The number of amides is 1. The van der Waals surface area contributed by atoms with E-state index in [0.717, 1.165) is 18.8 Å². The molecule has 3 heterocycles. The molecule has 8 heteroatoms. The van der Waals surface area contributed by atoms with Crippen molar-refractivity contribution in [3.8, 4) is 0 Å². The lowest BCUT2D eigenvalue weighted by Gasteiger charge is -2.07. The normalized spacial score (nSPS) is 11.1. The van der Waals surface area contributed by atoms with Gasteiger partial charge in [0.05, 0.1) is 5.56 Å². The van der Waals surface area contributed by atoms with Crippen LogP contribution in [0.5, 0.6) is 0 Å². The summed E-state index contributed by atoms with van der Waals surface area (Å²) in [5, 5.41) is 3.06. The van der Waals surface area contributed by atoms with Crippen LogP contribution in [0.2, 0.25) is 0 Å². The van der Waals surface area contributed by atoms with E-state index >= 15 is 0 Å². The van der Waals surface area contributed by atoms with Crippen molar-refractivity contribution in [2.24, 2.45) is 7.05 Å². The number of carbonyl (C=O) groups excluding carboxylic acids is 1. The summed E-state index contributed by atoms with van der Waals surface area (Å²) in [6.07, 6.45) is 5.79. The molecule has 3 rings (SSSR count). The number of hydrogen-bond donors (Lipinski definition) is 1. The molecule has 0 aliphatic heterocycles. The van der Waals surface area contributed by atoms with Gasteiger partial charge in [0, 0.05) is 32.5 Å². The van der Waals surface area contributed by atoms with Crippen molar-refractivity contribution in [1.82, 2.24) is 24.4 Å². The molecule has 24 heavy (non-hydrogen) atoms. The summed E-state index contributed by atoms with van der Waals surface area (Å²) in [6, 6.07) is 0. The smallest absolute Gasteiger partial charge is 0.265 e. The Hall–Kier alpha value is -2.90. The first kappa shape index (κ1) is 16.0. The van der Waals surface area contributed by atoms with Gasteiger partial charge < -0.3 is 18.9 Å². The maximum absolute atomic E-state index is 12.5. The number of aryl methyl sites for hydroxylation is 4. The number of fused-ring (bicyclic) bond motifs is 1. The van der Waals surface area contributed by atoms with E-state index in [4.69, 9.17) is 4.42 Å². The standard InChI is InChI=1S/C16H19N5O3/c1-10-12(13-15(24-10)19-9-20(3)16(13)23)14(22)18-5-4-7-21-8-6-17-11(21)2/h6,8-9H,4-5,7H2,1-3H3,(H,18,22). The number of imidazole rings is 1. The minimum absolute atomic E-state index is 0.190.